The molecule has 2 aromatic heterocycles. The van der Waals surface area contributed by atoms with Crippen LogP contribution in [0.1, 0.15) is 35.3 Å². The third-order valence-electron chi connectivity index (χ3n) is 6.32. The van der Waals surface area contributed by atoms with Crippen LogP contribution in [0.3, 0.4) is 0 Å². The molecule has 1 atom stereocenters. The Morgan fingerprint density at radius 2 is 2.00 bits per heavy atom. The highest BCUT2D eigenvalue weighted by molar-refractivity contribution is 7.90. The van der Waals surface area contributed by atoms with E-state index in [1.165, 1.54) is 0 Å². The van der Waals surface area contributed by atoms with E-state index >= 15 is 0 Å². The molecule has 186 valence electrons. The summed E-state index contributed by atoms with van der Waals surface area (Å²) < 4.78 is 40.6. The Bertz CT molecular complexity index is 1550. The fourth-order valence-corrected chi connectivity index (χ4v) is 6.18. The molecule has 1 aliphatic heterocycles. The van der Waals surface area contributed by atoms with Crippen molar-refractivity contribution in [1.29, 1.82) is 0 Å². The first-order valence-corrected chi connectivity index (χ1v) is 13.4. The molecule has 3 heterocycles. The van der Waals surface area contributed by atoms with E-state index in [2.05, 4.69) is 10.3 Å². The van der Waals surface area contributed by atoms with Gasteiger partial charge in [-0.25, -0.2) is 13.2 Å². The van der Waals surface area contributed by atoms with Crippen molar-refractivity contribution in [2.45, 2.75) is 37.3 Å². The molecule has 8 nitrogen and oxygen atoms in total. The number of fused-ring (bicyclic) bond motifs is 3. The standard InChI is InChI=1S/C27H27N3O5S/c1-4-34-27(31)24-22(16-36(32,33)19-10-6-5-7-11-19)25-23(20-14-29-17(2)35-26(20)24)21(15-30(25)3)18-9-8-12-28-13-18/h5-13,15,17,29H,4,14,16H2,1-3H3. The van der Waals surface area contributed by atoms with Gasteiger partial charge in [-0.1, -0.05) is 24.3 Å². The molecule has 4 aromatic rings. The van der Waals surface area contributed by atoms with Crippen LogP contribution in [0, 0.1) is 0 Å². The summed E-state index contributed by atoms with van der Waals surface area (Å²) in [7, 11) is -1.94. The van der Waals surface area contributed by atoms with E-state index in [0.717, 1.165) is 22.1 Å². The quantitative estimate of drug-likeness (QED) is 0.392. The molecule has 0 fully saturated rings. The molecular weight excluding hydrogens is 478 g/mol. The van der Waals surface area contributed by atoms with Crippen molar-refractivity contribution < 1.29 is 22.7 Å². The van der Waals surface area contributed by atoms with Crippen molar-refractivity contribution in [2.24, 2.45) is 7.05 Å². The smallest absolute Gasteiger partial charge is 0.342 e. The molecule has 1 unspecified atom stereocenters. The number of hydrogen-bond acceptors (Lipinski definition) is 7. The van der Waals surface area contributed by atoms with Gasteiger partial charge in [-0.05, 0) is 32.0 Å². The summed E-state index contributed by atoms with van der Waals surface area (Å²) in [5, 5.41) is 4.12. The van der Waals surface area contributed by atoms with E-state index in [4.69, 9.17) is 9.47 Å². The number of esters is 1. The van der Waals surface area contributed by atoms with Crippen LogP contribution in [0.25, 0.3) is 22.0 Å². The lowest BCUT2D eigenvalue weighted by Gasteiger charge is -2.29. The molecule has 0 spiro atoms. The third kappa shape index (κ3) is 4.14. The van der Waals surface area contributed by atoms with Crippen LogP contribution in [0.2, 0.25) is 0 Å². The molecule has 0 bridgehead atoms. The van der Waals surface area contributed by atoms with Gasteiger partial charge in [-0.3, -0.25) is 10.3 Å². The van der Waals surface area contributed by atoms with E-state index in [9.17, 15) is 13.2 Å². The second-order valence-electron chi connectivity index (χ2n) is 8.71. The topological polar surface area (TPSA) is 99.5 Å². The van der Waals surface area contributed by atoms with Crippen LogP contribution in [0.15, 0.2) is 66.0 Å². The lowest BCUT2D eigenvalue weighted by Crippen LogP contribution is -2.36. The first kappa shape index (κ1) is 24.0. The van der Waals surface area contributed by atoms with Crippen LogP contribution in [0.4, 0.5) is 0 Å². The van der Waals surface area contributed by atoms with Gasteiger partial charge < -0.3 is 14.0 Å². The van der Waals surface area contributed by atoms with Crippen molar-refractivity contribution in [1.82, 2.24) is 14.9 Å². The predicted molar refractivity (Wildman–Crippen MR) is 136 cm³/mol. The molecule has 0 amide bonds. The zero-order valence-electron chi connectivity index (χ0n) is 20.3. The number of benzene rings is 2. The Morgan fingerprint density at radius 1 is 1.22 bits per heavy atom. The minimum Gasteiger partial charge on any atom is -0.474 e. The molecule has 1 aliphatic rings. The van der Waals surface area contributed by atoms with Crippen LogP contribution in [-0.4, -0.2) is 36.8 Å². The number of nitrogens with zero attached hydrogens (tertiary/aromatic N) is 2. The minimum atomic E-state index is -3.79. The summed E-state index contributed by atoms with van der Waals surface area (Å²) in [6, 6.07) is 12.0. The van der Waals surface area contributed by atoms with Gasteiger partial charge in [0.05, 0.1) is 22.8 Å². The average Bonchev–Trinajstić information content (AvgIpc) is 3.22. The van der Waals surface area contributed by atoms with E-state index in [1.54, 1.807) is 49.6 Å². The Labute approximate surface area is 209 Å². The SMILES string of the molecule is CCOC(=O)c1c2c(c3c(-c4cccnc4)cn(C)c3c1CS(=O)(=O)c1ccccc1)CNC(C)O2. The summed E-state index contributed by atoms with van der Waals surface area (Å²) in [5.74, 6) is -0.626. The molecule has 0 saturated heterocycles. The predicted octanol–water partition coefficient (Wildman–Crippen LogP) is 4.22. The molecule has 9 heteroatoms. The third-order valence-corrected chi connectivity index (χ3v) is 7.98. The zero-order valence-corrected chi connectivity index (χ0v) is 21.1. The molecule has 0 radical (unpaired) electrons. The fraction of sp³-hybridized carbons (Fsp3) is 0.259. The summed E-state index contributed by atoms with van der Waals surface area (Å²) in [6.07, 6.45) is 5.04. The number of carbonyl (C=O) groups excluding carboxylic acids is 1. The van der Waals surface area contributed by atoms with Gasteiger partial charge in [-0.2, -0.15) is 0 Å². The maximum Gasteiger partial charge on any atom is 0.342 e. The van der Waals surface area contributed by atoms with Gasteiger partial charge in [0.25, 0.3) is 0 Å². The maximum absolute atomic E-state index is 13.6. The number of carbonyl (C=O) groups is 1. The zero-order chi connectivity index (χ0) is 25.4. The van der Waals surface area contributed by atoms with Crippen molar-refractivity contribution in [3.8, 4) is 16.9 Å². The number of sulfone groups is 1. The molecule has 2 aromatic carbocycles. The number of aromatic nitrogens is 2. The highest BCUT2D eigenvalue weighted by atomic mass is 32.2. The maximum atomic E-state index is 13.6. The summed E-state index contributed by atoms with van der Waals surface area (Å²) in [4.78, 5) is 17.8. The van der Waals surface area contributed by atoms with E-state index < -0.39 is 15.8 Å². The number of pyridine rings is 1. The van der Waals surface area contributed by atoms with Gasteiger partial charge in [0.2, 0.25) is 0 Å². The number of nitrogens with one attached hydrogen (secondary N) is 1. The Balaban J connectivity index is 1.87. The molecule has 5 rings (SSSR count). The molecular formula is C27H27N3O5S. The van der Waals surface area contributed by atoms with Crippen molar-refractivity contribution in [2.75, 3.05) is 6.61 Å². The lowest BCUT2D eigenvalue weighted by molar-refractivity contribution is 0.0514. The highest BCUT2D eigenvalue weighted by Gasteiger charge is 2.34. The van der Waals surface area contributed by atoms with Gasteiger partial charge in [0.1, 0.15) is 17.5 Å². The number of aryl methyl sites for hydroxylation is 1. The minimum absolute atomic E-state index is 0.151. The summed E-state index contributed by atoms with van der Waals surface area (Å²) in [5.41, 5.74) is 3.71. The van der Waals surface area contributed by atoms with Crippen LogP contribution in [-0.2, 0) is 33.9 Å². The molecule has 0 aliphatic carbocycles. The van der Waals surface area contributed by atoms with Crippen molar-refractivity contribution in [3.05, 3.63) is 77.7 Å². The molecule has 36 heavy (non-hydrogen) atoms. The molecule has 0 saturated carbocycles. The lowest BCUT2D eigenvalue weighted by atomic mass is 9.93. The second kappa shape index (κ2) is 9.40. The highest BCUT2D eigenvalue weighted by Crippen LogP contribution is 2.44. The normalized spacial score (nSPS) is 15.4. The largest absolute Gasteiger partial charge is 0.474 e. The second-order valence-corrected chi connectivity index (χ2v) is 10.7. The van der Waals surface area contributed by atoms with Crippen LogP contribution in [0.5, 0.6) is 5.75 Å². The first-order valence-electron chi connectivity index (χ1n) is 11.7. The number of rotatable bonds is 6. The van der Waals surface area contributed by atoms with E-state index in [-0.39, 0.29) is 29.0 Å². The van der Waals surface area contributed by atoms with E-state index in [0.29, 0.717) is 23.4 Å². The van der Waals surface area contributed by atoms with Gasteiger partial charge >= 0.3 is 5.97 Å². The Kier molecular flexibility index (Phi) is 6.27. The summed E-state index contributed by atoms with van der Waals surface area (Å²) >= 11 is 0. The van der Waals surface area contributed by atoms with Crippen LogP contribution >= 0.6 is 0 Å². The average molecular weight is 506 g/mol. The van der Waals surface area contributed by atoms with Crippen molar-refractivity contribution >= 4 is 26.7 Å². The first-order chi connectivity index (χ1) is 17.3. The Morgan fingerprint density at radius 3 is 2.69 bits per heavy atom. The Hall–Kier alpha value is -3.69. The van der Waals surface area contributed by atoms with Gasteiger partial charge in [0, 0.05) is 59.8 Å². The van der Waals surface area contributed by atoms with Gasteiger partial charge in [0.15, 0.2) is 9.84 Å². The van der Waals surface area contributed by atoms with E-state index in [1.807, 2.05) is 36.9 Å². The molecule has 1 N–H and O–H groups in total. The van der Waals surface area contributed by atoms with Crippen molar-refractivity contribution in [3.63, 3.8) is 0 Å². The fourth-order valence-electron chi connectivity index (χ4n) is 4.78. The monoisotopic (exact) mass is 505 g/mol. The van der Waals surface area contributed by atoms with Gasteiger partial charge in [-0.15, -0.1) is 0 Å². The number of hydrogen-bond donors (Lipinski definition) is 1. The number of ether oxygens (including phenoxy) is 2. The summed E-state index contributed by atoms with van der Waals surface area (Å²) in [6.45, 7) is 4.16. The van der Waals surface area contributed by atoms with Crippen LogP contribution < -0.4 is 10.1 Å².